The first-order valence-electron chi connectivity index (χ1n) is 15.0. The molecule has 3 fully saturated rings. The predicted octanol–water partition coefficient (Wildman–Crippen LogP) is 4.41. The van der Waals surface area contributed by atoms with Crippen LogP contribution in [0.25, 0.3) is 21.9 Å². The van der Waals surface area contributed by atoms with Gasteiger partial charge in [0, 0.05) is 48.7 Å². The van der Waals surface area contributed by atoms with Crippen LogP contribution in [0.1, 0.15) is 57.6 Å². The van der Waals surface area contributed by atoms with Gasteiger partial charge in [-0.15, -0.1) is 0 Å². The first kappa shape index (κ1) is 26.4. The van der Waals surface area contributed by atoms with Crippen LogP contribution >= 0.6 is 0 Å². The third-order valence-electron chi connectivity index (χ3n) is 9.24. The number of pyridine rings is 1. The Labute approximate surface area is 232 Å². The van der Waals surface area contributed by atoms with E-state index >= 15 is 0 Å². The number of hydrogen-bond donors (Lipinski definition) is 2. The summed E-state index contributed by atoms with van der Waals surface area (Å²) in [6, 6.07) is 9.61. The van der Waals surface area contributed by atoms with Gasteiger partial charge in [-0.2, -0.15) is 5.10 Å². The number of carbonyl (C=O) groups is 1. The van der Waals surface area contributed by atoms with E-state index in [-0.39, 0.29) is 11.8 Å². The standard InChI is InChI=1S/C31H43N7O/c1-22-16-24(10-15-38(22)27-8-11-32-12-9-27)31(39)35-30-18-26-17-23(6-7-25(26)19-33-30)28-20-34-36(2)29(28)21-37-13-4-3-5-14-37/h6-7,17-20,22,24,27,32H,3-5,8-16,21H2,1-2H3,(H,33,35,39). The first-order valence-corrected chi connectivity index (χ1v) is 15.0. The number of rotatable bonds is 6. The second-order valence-corrected chi connectivity index (χ2v) is 11.9. The summed E-state index contributed by atoms with van der Waals surface area (Å²) in [5, 5.41) is 13.4. The highest BCUT2D eigenvalue weighted by atomic mass is 16.2. The highest BCUT2D eigenvalue weighted by Gasteiger charge is 2.34. The molecule has 1 aromatic carbocycles. The molecule has 3 aliphatic rings. The summed E-state index contributed by atoms with van der Waals surface area (Å²) in [4.78, 5) is 23.0. The van der Waals surface area contributed by atoms with Crippen molar-refractivity contribution in [2.45, 2.75) is 70.5 Å². The van der Waals surface area contributed by atoms with Crippen molar-refractivity contribution in [1.29, 1.82) is 0 Å². The molecule has 2 aromatic heterocycles. The number of amides is 1. The van der Waals surface area contributed by atoms with Crippen molar-refractivity contribution in [2.75, 3.05) is 38.0 Å². The molecule has 39 heavy (non-hydrogen) atoms. The van der Waals surface area contributed by atoms with Gasteiger partial charge >= 0.3 is 0 Å². The van der Waals surface area contributed by atoms with Crippen LogP contribution in [0.15, 0.2) is 36.7 Å². The zero-order chi connectivity index (χ0) is 26.8. The fraction of sp³-hybridized carbons (Fsp3) is 0.581. The van der Waals surface area contributed by atoms with E-state index in [2.05, 4.69) is 55.6 Å². The minimum Gasteiger partial charge on any atom is -0.317 e. The molecule has 5 heterocycles. The number of piperidine rings is 3. The lowest BCUT2D eigenvalue weighted by Gasteiger charge is -2.43. The minimum atomic E-state index is 0.0366. The Hall–Kier alpha value is -2.81. The lowest BCUT2D eigenvalue weighted by atomic mass is 9.88. The number of nitrogens with zero attached hydrogens (tertiary/aromatic N) is 5. The molecule has 0 spiro atoms. The minimum absolute atomic E-state index is 0.0366. The third-order valence-corrected chi connectivity index (χ3v) is 9.24. The van der Waals surface area contributed by atoms with E-state index in [1.807, 2.05) is 30.2 Å². The second kappa shape index (κ2) is 11.7. The van der Waals surface area contributed by atoms with E-state index in [0.29, 0.717) is 17.9 Å². The number of likely N-dealkylation sites (tertiary alicyclic amines) is 2. The van der Waals surface area contributed by atoms with Gasteiger partial charge in [-0.05, 0) is 101 Å². The molecule has 8 nitrogen and oxygen atoms in total. The Bertz CT molecular complexity index is 1290. The number of aryl methyl sites for hydroxylation is 1. The van der Waals surface area contributed by atoms with Gasteiger partial charge in [0.05, 0.1) is 11.9 Å². The van der Waals surface area contributed by atoms with Crippen molar-refractivity contribution in [2.24, 2.45) is 13.0 Å². The van der Waals surface area contributed by atoms with Crippen molar-refractivity contribution in [3.8, 4) is 11.1 Å². The monoisotopic (exact) mass is 529 g/mol. The van der Waals surface area contributed by atoms with Crippen molar-refractivity contribution in [1.82, 2.24) is 29.9 Å². The molecule has 8 heteroatoms. The van der Waals surface area contributed by atoms with Gasteiger partial charge < -0.3 is 10.6 Å². The lowest BCUT2D eigenvalue weighted by molar-refractivity contribution is -0.122. The Balaban J connectivity index is 1.14. The molecule has 0 bridgehead atoms. The van der Waals surface area contributed by atoms with Crippen LogP contribution < -0.4 is 10.6 Å². The van der Waals surface area contributed by atoms with Crippen LogP contribution in [0.2, 0.25) is 0 Å². The predicted molar refractivity (Wildman–Crippen MR) is 156 cm³/mol. The fourth-order valence-electron chi connectivity index (χ4n) is 6.94. The van der Waals surface area contributed by atoms with Gasteiger partial charge in [0.15, 0.2) is 0 Å². The normalized spacial score (nSPS) is 23.7. The van der Waals surface area contributed by atoms with E-state index in [1.165, 1.54) is 43.4 Å². The molecule has 3 aromatic rings. The molecule has 6 rings (SSSR count). The summed E-state index contributed by atoms with van der Waals surface area (Å²) in [7, 11) is 2.04. The molecular weight excluding hydrogens is 486 g/mol. The zero-order valence-electron chi connectivity index (χ0n) is 23.5. The average molecular weight is 530 g/mol. The van der Waals surface area contributed by atoms with Gasteiger partial charge in [0.2, 0.25) is 5.91 Å². The molecule has 0 aliphatic carbocycles. The van der Waals surface area contributed by atoms with Gasteiger partial charge in [-0.1, -0.05) is 18.6 Å². The Morgan fingerprint density at radius 2 is 1.85 bits per heavy atom. The van der Waals surface area contributed by atoms with Crippen LogP contribution in [0.5, 0.6) is 0 Å². The summed E-state index contributed by atoms with van der Waals surface area (Å²) in [5.74, 6) is 0.776. The third kappa shape index (κ3) is 5.88. The molecule has 0 saturated carbocycles. The number of benzene rings is 1. The van der Waals surface area contributed by atoms with Gasteiger partial charge in [-0.25, -0.2) is 4.98 Å². The maximum atomic E-state index is 13.3. The summed E-state index contributed by atoms with van der Waals surface area (Å²) < 4.78 is 2.02. The highest BCUT2D eigenvalue weighted by Crippen LogP contribution is 2.31. The fourth-order valence-corrected chi connectivity index (χ4v) is 6.94. The van der Waals surface area contributed by atoms with Crippen LogP contribution in [0, 0.1) is 5.92 Å². The SMILES string of the molecule is CC1CC(C(=O)Nc2cc3cc(-c4cnn(C)c4CN4CCCCC4)ccc3cn2)CCN1C1CCNCC1. The quantitative estimate of drug-likeness (QED) is 0.493. The molecule has 2 unspecified atom stereocenters. The summed E-state index contributed by atoms with van der Waals surface area (Å²) in [5.41, 5.74) is 3.59. The van der Waals surface area contributed by atoms with Crippen molar-refractivity contribution >= 4 is 22.5 Å². The smallest absolute Gasteiger partial charge is 0.228 e. The summed E-state index contributed by atoms with van der Waals surface area (Å²) in [6.45, 7) is 8.75. The van der Waals surface area contributed by atoms with E-state index in [9.17, 15) is 4.79 Å². The largest absolute Gasteiger partial charge is 0.317 e. The topological polar surface area (TPSA) is 78.3 Å². The molecule has 3 saturated heterocycles. The van der Waals surface area contributed by atoms with Crippen molar-refractivity contribution in [3.05, 3.63) is 42.4 Å². The molecule has 208 valence electrons. The van der Waals surface area contributed by atoms with Gasteiger partial charge in [0.1, 0.15) is 5.82 Å². The van der Waals surface area contributed by atoms with Crippen LogP contribution in [0.3, 0.4) is 0 Å². The maximum Gasteiger partial charge on any atom is 0.228 e. The summed E-state index contributed by atoms with van der Waals surface area (Å²) >= 11 is 0. The average Bonchev–Trinajstić information content (AvgIpc) is 3.33. The number of anilines is 1. The zero-order valence-corrected chi connectivity index (χ0v) is 23.5. The number of hydrogen-bond acceptors (Lipinski definition) is 6. The summed E-state index contributed by atoms with van der Waals surface area (Å²) in [6.07, 6.45) is 12.0. The Morgan fingerprint density at radius 3 is 2.64 bits per heavy atom. The molecule has 0 radical (unpaired) electrons. The molecule has 1 amide bonds. The highest BCUT2D eigenvalue weighted by molar-refractivity contribution is 5.95. The number of fused-ring (bicyclic) bond motifs is 1. The van der Waals surface area contributed by atoms with Crippen LogP contribution in [-0.2, 0) is 18.4 Å². The molecule has 3 aliphatic heterocycles. The Morgan fingerprint density at radius 1 is 1.03 bits per heavy atom. The van der Waals surface area contributed by atoms with E-state index in [4.69, 9.17) is 0 Å². The van der Waals surface area contributed by atoms with Gasteiger partial charge in [-0.3, -0.25) is 19.3 Å². The molecular formula is C31H43N7O. The second-order valence-electron chi connectivity index (χ2n) is 11.9. The van der Waals surface area contributed by atoms with Gasteiger partial charge in [0.25, 0.3) is 0 Å². The lowest BCUT2D eigenvalue weighted by Crippen LogP contribution is -2.51. The van der Waals surface area contributed by atoms with Crippen LogP contribution in [0.4, 0.5) is 5.82 Å². The Kier molecular flexibility index (Phi) is 7.95. The van der Waals surface area contributed by atoms with E-state index in [1.54, 1.807) is 0 Å². The molecule has 2 atom stereocenters. The van der Waals surface area contributed by atoms with Crippen molar-refractivity contribution in [3.63, 3.8) is 0 Å². The van der Waals surface area contributed by atoms with E-state index in [0.717, 1.165) is 68.4 Å². The molecule has 2 N–H and O–H groups in total. The van der Waals surface area contributed by atoms with Crippen LogP contribution in [-0.4, -0.2) is 75.3 Å². The number of carbonyl (C=O) groups excluding carboxylic acids is 1. The van der Waals surface area contributed by atoms with E-state index < -0.39 is 0 Å². The first-order chi connectivity index (χ1) is 19.0. The van der Waals surface area contributed by atoms with Crippen molar-refractivity contribution < 1.29 is 4.79 Å². The maximum absolute atomic E-state index is 13.3. The number of nitrogens with one attached hydrogen (secondary N) is 2. The number of aromatic nitrogens is 3.